The highest BCUT2D eigenvalue weighted by Gasteiger charge is 2.44. The van der Waals surface area contributed by atoms with Crippen molar-refractivity contribution < 1.29 is 19.4 Å². The molecule has 0 spiro atoms. The van der Waals surface area contributed by atoms with E-state index in [1.807, 2.05) is 33.9 Å². The summed E-state index contributed by atoms with van der Waals surface area (Å²) in [7, 11) is 7.33. The van der Waals surface area contributed by atoms with Crippen molar-refractivity contribution in [2.45, 2.75) is 10.4 Å². The number of benzene rings is 1. The molecule has 0 bridgehead atoms. The molecule has 0 aromatic heterocycles. The molecule has 0 aliphatic carbocycles. The van der Waals surface area contributed by atoms with Crippen molar-refractivity contribution in [3.05, 3.63) is 23.8 Å². The van der Waals surface area contributed by atoms with Crippen molar-refractivity contribution in [3.63, 3.8) is 0 Å². The third kappa shape index (κ3) is 1.80. The predicted octanol–water partition coefficient (Wildman–Crippen LogP) is -2.70. The molecule has 0 unspecified atom stereocenters. The Morgan fingerprint density at radius 1 is 1.17 bits per heavy atom. The van der Waals surface area contributed by atoms with Crippen molar-refractivity contribution in [3.8, 4) is 11.5 Å². The Balaban J connectivity index is 2.44. The minimum atomic E-state index is -0.874. The fourth-order valence-corrected chi connectivity index (χ4v) is 1.91. The number of hydrogen-bond acceptors (Lipinski definition) is 3. The lowest BCUT2D eigenvalue weighted by atomic mass is 9.28. The zero-order valence-corrected chi connectivity index (χ0v) is 11.1. The minimum Gasteiger partial charge on any atom is -0.482 e. The number of ether oxygens (including phenoxy) is 2. The van der Waals surface area contributed by atoms with Crippen LogP contribution < -0.4 is 9.47 Å². The molecule has 0 radical (unpaired) electrons. The first kappa shape index (κ1) is 13.0. The van der Waals surface area contributed by atoms with Crippen LogP contribution in [0.15, 0.2) is 18.2 Å². The van der Waals surface area contributed by atoms with E-state index in [1.165, 1.54) is 0 Å². The number of fused-ring (bicyclic) bond motifs is 1. The van der Waals surface area contributed by atoms with Gasteiger partial charge in [-0.15, -0.1) is 0 Å². The molecular formula is C10H14B4O4. The number of hydrogen-bond donors (Lipinski definition) is 1. The number of carboxylic acid groups (broad SMARTS) is 1. The molecule has 0 fully saturated rings. The number of carboxylic acids is 1. The van der Waals surface area contributed by atoms with E-state index in [0.29, 0.717) is 11.5 Å². The van der Waals surface area contributed by atoms with Gasteiger partial charge < -0.3 is 14.6 Å². The summed E-state index contributed by atoms with van der Waals surface area (Å²) in [4.78, 5) is 11.4. The molecule has 2 rings (SSSR count). The first-order chi connectivity index (χ1) is 8.26. The number of carbonyl (C=O) groups is 1. The normalized spacial score (nSPS) is 14.4. The maximum Gasteiger partial charge on any atom is 0.293 e. The van der Waals surface area contributed by atoms with E-state index < -0.39 is 16.4 Å². The molecule has 4 nitrogen and oxygen atoms in total. The van der Waals surface area contributed by atoms with E-state index in [0.717, 1.165) is 5.56 Å². The standard InChI is InChI=1S/C10H14B4O4/c11-9(12,10(13,14)8(15)16)5-1-2-6-7(3-5)18-4-17-6/h1-3H,4,11-14H2,(H,15,16). The van der Waals surface area contributed by atoms with E-state index in [1.54, 1.807) is 15.7 Å². The van der Waals surface area contributed by atoms with Crippen molar-refractivity contribution in [2.75, 3.05) is 6.79 Å². The van der Waals surface area contributed by atoms with Crippen molar-refractivity contribution >= 4 is 37.4 Å². The Bertz CT molecular complexity index is 501. The van der Waals surface area contributed by atoms with E-state index in [2.05, 4.69) is 0 Å². The maximum atomic E-state index is 11.4. The molecule has 18 heavy (non-hydrogen) atoms. The van der Waals surface area contributed by atoms with Crippen LogP contribution in [0.2, 0.25) is 5.21 Å². The van der Waals surface area contributed by atoms with E-state index >= 15 is 0 Å². The second kappa shape index (κ2) is 4.04. The molecule has 0 amide bonds. The van der Waals surface area contributed by atoms with Gasteiger partial charge in [-0.05, 0) is 12.1 Å². The van der Waals surface area contributed by atoms with Crippen LogP contribution in [0.4, 0.5) is 0 Å². The van der Waals surface area contributed by atoms with Gasteiger partial charge in [0, 0.05) is 5.21 Å². The SMILES string of the molecule is BC(B)(C(=O)O)C(B)(B)c1ccc2c(c1)OCO2. The highest BCUT2D eigenvalue weighted by atomic mass is 16.7. The molecule has 1 aliphatic heterocycles. The van der Waals surface area contributed by atoms with E-state index in [9.17, 15) is 9.90 Å². The smallest absolute Gasteiger partial charge is 0.293 e. The van der Waals surface area contributed by atoms with Crippen LogP contribution >= 0.6 is 0 Å². The highest BCUT2D eigenvalue weighted by Crippen LogP contribution is 2.42. The van der Waals surface area contributed by atoms with Gasteiger partial charge in [0.15, 0.2) is 11.5 Å². The summed E-state index contributed by atoms with van der Waals surface area (Å²) in [5, 5.41) is 7.99. The Kier molecular flexibility index (Phi) is 2.92. The molecule has 1 aromatic rings. The third-order valence-corrected chi connectivity index (χ3v) is 4.19. The van der Waals surface area contributed by atoms with E-state index in [4.69, 9.17) is 9.47 Å². The van der Waals surface area contributed by atoms with Gasteiger partial charge in [-0.2, -0.15) is 0 Å². The minimum absolute atomic E-state index is 0.224. The molecule has 0 saturated carbocycles. The predicted molar refractivity (Wildman–Crippen MR) is 78.7 cm³/mol. The van der Waals surface area contributed by atoms with Crippen LogP contribution in [0.25, 0.3) is 0 Å². The first-order valence-corrected chi connectivity index (χ1v) is 5.90. The van der Waals surface area contributed by atoms with E-state index in [-0.39, 0.29) is 6.79 Å². The molecule has 1 N–H and O–H groups in total. The second-order valence-corrected chi connectivity index (χ2v) is 5.62. The fraction of sp³-hybridized carbons (Fsp3) is 0.300. The molecule has 8 heteroatoms. The molecule has 90 valence electrons. The van der Waals surface area contributed by atoms with Gasteiger partial charge in [-0.1, -0.05) is 16.8 Å². The summed E-state index contributed by atoms with van der Waals surface area (Å²) in [6, 6.07) is 5.60. The van der Waals surface area contributed by atoms with Crippen LogP contribution in [-0.2, 0) is 10.0 Å². The van der Waals surface area contributed by atoms with Gasteiger partial charge in [-0.25, -0.2) is 0 Å². The summed E-state index contributed by atoms with van der Waals surface area (Å²) in [6.45, 7) is 0.224. The molecule has 1 aromatic carbocycles. The Morgan fingerprint density at radius 3 is 2.39 bits per heavy atom. The Hall–Kier alpha value is -1.45. The summed E-state index contributed by atoms with van der Waals surface area (Å²) in [5.41, 5.74) is 0.930. The van der Waals surface area contributed by atoms with Crippen LogP contribution in [0.1, 0.15) is 5.56 Å². The summed E-state index contributed by atoms with van der Waals surface area (Å²) in [6.07, 6.45) is 0. The molecule has 1 aliphatic rings. The van der Waals surface area contributed by atoms with Gasteiger partial charge in [0.25, 0.3) is 5.97 Å². The maximum absolute atomic E-state index is 11.4. The van der Waals surface area contributed by atoms with Gasteiger partial charge >= 0.3 is 0 Å². The summed E-state index contributed by atoms with van der Waals surface area (Å²) in [5.74, 6) is 0.578. The molecular weight excluding hydrogens is 227 g/mol. The van der Waals surface area contributed by atoms with Gasteiger partial charge in [0.05, 0.1) is 0 Å². The summed E-state index contributed by atoms with van der Waals surface area (Å²) >= 11 is 0. The lowest BCUT2D eigenvalue weighted by molar-refractivity contribution is -0.138. The fourth-order valence-electron chi connectivity index (χ4n) is 1.91. The zero-order chi connectivity index (χ0) is 13.6. The van der Waals surface area contributed by atoms with Crippen LogP contribution in [0.5, 0.6) is 11.5 Å². The third-order valence-electron chi connectivity index (χ3n) is 4.19. The average molecular weight is 241 g/mol. The molecule has 0 atom stereocenters. The van der Waals surface area contributed by atoms with Crippen LogP contribution in [0, 0.1) is 0 Å². The zero-order valence-electron chi connectivity index (χ0n) is 11.1. The second-order valence-electron chi connectivity index (χ2n) is 5.62. The first-order valence-electron chi connectivity index (χ1n) is 5.90. The molecule has 0 saturated heterocycles. The molecule has 1 heterocycles. The number of aliphatic carboxylic acids is 1. The summed E-state index contributed by atoms with van der Waals surface area (Å²) < 4.78 is 10.6. The van der Waals surface area contributed by atoms with Crippen molar-refractivity contribution in [1.82, 2.24) is 0 Å². The van der Waals surface area contributed by atoms with Crippen molar-refractivity contribution in [1.29, 1.82) is 0 Å². The van der Waals surface area contributed by atoms with Crippen LogP contribution in [0.3, 0.4) is 0 Å². The monoisotopic (exact) mass is 242 g/mol. The Labute approximate surface area is 110 Å². The largest absolute Gasteiger partial charge is 0.482 e. The Morgan fingerprint density at radius 2 is 1.78 bits per heavy atom. The quantitative estimate of drug-likeness (QED) is 0.585. The van der Waals surface area contributed by atoms with Gasteiger partial charge in [0.1, 0.15) is 31.4 Å². The highest BCUT2D eigenvalue weighted by molar-refractivity contribution is 6.60. The topological polar surface area (TPSA) is 55.8 Å². The number of rotatable bonds is 3. The van der Waals surface area contributed by atoms with Gasteiger partial charge in [-0.3, -0.25) is 4.79 Å². The lowest BCUT2D eigenvalue weighted by Gasteiger charge is -2.39. The van der Waals surface area contributed by atoms with Crippen molar-refractivity contribution in [2.24, 2.45) is 0 Å². The average Bonchev–Trinajstić information content (AvgIpc) is 2.75. The lowest BCUT2D eigenvalue weighted by Crippen LogP contribution is -2.47. The van der Waals surface area contributed by atoms with Crippen LogP contribution in [-0.4, -0.2) is 49.3 Å². The van der Waals surface area contributed by atoms with Gasteiger partial charge in [0.2, 0.25) is 6.79 Å².